The first-order chi connectivity index (χ1) is 8.24. The number of aromatic nitrogens is 3. The van der Waals surface area contributed by atoms with Gasteiger partial charge in [0.2, 0.25) is 11.9 Å². The summed E-state index contributed by atoms with van der Waals surface area (Å²) in [5, 5.41) is 0. The molecule has 0 saturated heterocycles. The van der Waals surface area contributed by atoms with Gasteiger partial charge in [0.05, 0.1) is 7.11 Å². The van der Waals surface area contributed by atoms with Crippen molar-refractivity contribution in [3.05, 3.63) is 0 Å². The van der Waals surface area contributed by atoms with Gasteiger partial charge in [0.1, 0.15) is 0 Å². The molecule has 6 heteroatoms. The van der Waals surface area contributed by atoms with E-state index in [-0.39, 0.29) is 12.0 Å². The van der Waals surface area contributed by atoms with Crippen molar-refractivity contribution in [1.29, 1.82) is 0 Å². The van der Waals surface area contributed by atoms with E-state index >= 15 is 0 Å². The van der Waals surface area contributed by atoms with Gasteiger partial charge in [0, 0.05) is 12.6 Å². The Kier molecular flexibility index (Phi) is 3.61. The van der Waals surface area contributed by atoms with Crippen molar-refractivity contribution >= 4 is 11.9 Å². The summed E-state index contributed by atoms with van der Waals surface area (Å²) in [7, 11) is 1.53. The lowest BCUT2D eigenvalue weighted by atomic mass is 10.2. The molecule has 0 bridgehead atoms. The van der Waals surface area contributed by atoms with Gasteiger partial charge >= 0.3 is 6.01 Å². The summed E-state index contributed by atoms with van der Waals surface area (Å²) < 4.78 is 5.02. The molecule has 6 nitrogen and oxygen atoms in total. The van der Waals surface area contributed by atoms with Crippen LogP contribution in [-0.2, 0) is 0 Å². The van der Waals surface area contributed by atoms with E-state index in [9.17, 15) is 0 Å². The van der Waals surface area contributed by atoms with Crippen LogP contribution in [0, 0.1) is 0 Å². The van der Waals surface area contributed by atoms with Crippen molar-refractivity contribution in [3.8, 4) is 6.01 Å². The number of anilines is 2. The highest BCUT2D eigenvalue weighted by Gasteiger charge is 2.24. The summed E-state index contributed by atoms with van der Waals surface area (Å²) in [6.07, 6.45) is 4.95. The lowest BCUT2D eigenvalue weighted by Gasteiger charge is -2.27. The van der Waals surface area contributed by atoms with Gasteiger partial charge in [-0.2, -0.15) is 15.0 Å². The Morgan fingerprint density at radius 2 is 2.00 bits per heavy atom. The number of hydrogen-bond donors (Lipinski definition) is 1. The predicted octanol–water partition coefficient (Wildman–Crippen LogP) is 1.23. The predicted molar refractivity (Wildman–Crippen MR) is 66.1 cm³/mol. The monoisotopic (exact) mass is 237 g/mol. The lowest BCUT2D eigenvalue weighted by Crippen LogP contribution is -2.34. The summed E-state index contributed by atoms with van der Waals surface area (Å²) in [5.74, 6) is 0.840. The number of hydrogen-bond acceptors (Lipinski definition) is 6. The fourth-order valence-corrected chi connectivity index (χ4v) is 2.36. The summed E-state index contributed by atoms with van der Waals surface area (Å²) in [6, 6.07) is 0.801. The van der Waals surface area contributed by atoms with Crippen LogP contribution >= 0.6 is 0 Å². The van der Waals surface area contributed by atoms with Crippen LogP contribution < -0.4 is 15.4 Å². The van der Waals surface area contributed by atoms with Crippen molar-refractivity contribution in [1.82, 2.24) is 15.0 Å². The molecule has 1 saturated carbocycles. The van der Waals surface area contributed by atoms with Crippen molar-refractivity contribution in [2.75, 3.05) is 24.3 Å². The van der Waals surface area contributed by atoms with Gasteiger partial charge in [-0.05, 0) is 19.8 Å². The first-order valence-electron chi connectivity index (χ1n) is 6.06. The Morgan fingerprint density at radius 1 is 1.29 bits per heavy atom. The van der Waals surface area contributed by atoms with Crippen molar-refractivity contribution in [2.45, 2.75) is 38.6 Å². The molecule has 0 amide bonds. The van der Waals surface area contributed by atoms with Gasteiger partial charge in [-0.25, -0.2) is 0 Å². The third kappa shape index (κ3) is 2.57. The molecule has 1 heterocycles. The molecule has 0 spiro atoms. The first kappa shape index (κ1) is 11.9. The van der Waals surface area contributed by atoms with Crippen molar-refractivity contribution in [2.24, 2.45) is 0 Å². The number of nitrogens with two attached hydrogens (primary N) is 1. The quantitative estimate of drug-likeness (QED) is 0.848. The molecule has 17 heavy (non-hydrogen) atoms. The van der Waals surface area contributed by atoms with Crippen LogP contribution in [0.3, 0.4) is 0 Å². The fourth-order valence-electron chi connectivity index (χ4n) is 2.36. The number of ether oxygens (including phenoxy) is 1. The highest BCUT2D eigenvalue weighted by Crippen LogP contribution is 2.26. The van der Waals surface area contributed by atoms with Crippen LogP contribution in [0.2, 0.25) is 0 Å². The molecule has 1 fully saturated rings. The van der Waals surface area contributed by atoms with Crippen LogP contribution in [0.1, 0.15) is 32.6 Å². The summed E-state index contributed by atoms with van der Waals surface area (Å²) in [5.41, 5.74) is 5.66. The second kappa shape index (κ2) is 5.16. The van der Waals surface area contributed by atoms with E-state index in [0.29, 0.717) is 12.0 Å². The topological polar surface area (TPSA) is 77.2 Å². The molecule has 2 rings (SSSR count). The van der Waals surface area contributed by atoms with E-state index in [4.69, 9.17) is 10.5 Å². The molecule has 2 N–H and O–H groups in total. The highest BCUT2D eigenvalue weighted by atomic mass is 16.5. The maximum atomic E-state index is 5.66. The van der Waals surface area contributed by atoms with Crippen LogP contribution in [-0.4, -0.2) is 34.6 Å². The molecule has 0 radical (unpaired) electrons. The average molecular weight is 237 g/mol. The minimum absolute atomic E-state index is 0.211. The van der Waals surface area contributed by atoms with Gasteiger partial charge in [-0.15, -0.1) is 0 Å². The number of nitrogen functional groups attached to an aromatic ring is 1. The highest BCUT2D eigenvalue weighted by molar-refractivity contribution is 5.37. The third-order valence-corrected chi connectivity index (χ3v) is 3.17. The second-order valence-electron chi connectivity index (χ2n) is 4.20. The van der Waals surface area contributed by atoms with E-state index in [1.807, 2.05) is 0 Å². The van der Waals surface area contributed by atoms with E-state index in [0.717, 1.165) is 6.54 Å². The number of methoxy groups -OCH3 is 1. The van der Waals surface area contributed by atoms with Crippen molar-refractivity contribution in [3.63, 3.8) is 0 Å². The smallest absolute Gasteiger partial charge is 0.322 e. The maximum absolute atomic E-state index is 5.66. The number of rotatable bonds is 4. The Labute approximate surface area is 101 Å². The SMILES string of the molecule is CCN(c1nc(N)nc(OC)n1)C1CCCC1. The maximum Gasteiger partial charge on any atom is 0.322 e. The largest absolute Gasteiger partial charge is 0.467 e. The minimum Gasteiger partial charge on any atom is -0.467 e. The van der Waals surface area contributed by atoms with E-state index in [1.54, 1.807) is 0 Å². The summed E-state index contributed by atoms with van der Waals surface area (Å²) in [6.45, 7) is 2.97. The zero-order chi connectivity index (χ0) is 12.3. The Balaban J connectivity index is 2.25. The van der Waals surface area contributed by atoms with Gasteiger partial charge in [0.15, 0.2) is 0 Å². The van der Waals surface area contributed by atoms with Gasteiger partial charge < -0.3 is 15.4 Å². The minimum atomic E-state index is 0.211. The third-order valence-electron chi connectivity index (χ3n) is 3.17. The van der Waals surface area contributed by atoms with E-state index in [2.05, 4.69) is 26.8 Å². The van der Waals surface area contributed by atoms with Crippen molar-refractivity contribution < 1.29 is 4.74 Å². The van der Waals surface area contributed by atoms with E-state index < -0.39 is 0 Å². The van der Waals surface area contributed by atoms with Gasteiger partial charge in [-0.3, -0.25) is 0 Å². The van der Waals surface area contributed by atoms with Crippen LogP contribution in [0.15, 0.2) is 0 Å². The zero-order valence-corrected chi connectivity index (χ0v) is 10.4. The molecule has 0 aliphatic heterocycles. The van der Waals surface area contributed by atoms with E-state index in [1.165, 1.54) is 32.8 Å². The molecule has 1 aliphatic rings. The van der Waals surface area contributed by atoms with Crippen LogP contribution in [0.4, 0.5) is 11.9 Å². The average Bonchev–Trinajstić information content (AvgIpc) is 2.83. The molecule has 0 aromatic carbocycles. The van der Waals surface area contributed by atoms with Gasteiger partial charge in [0.25, 0.3) is 0 Å². The molecule has 1 aliphatic carbocycles. The first-order valence-corrected chi connectivity index (χ1v) is 6.06. The second-order valence-corrected chi connectivity index (χ2v) is 4.20. The normalized spacial score (nSPS) is 16.1. The molecule has 0 atom stereocenters. The molecule has 1 aromatic rings. The summed E-state index contributed by atoms with van der Waals surface area (Å²) >= 11 is 0. The molecule has 1 aromatic heterocycles. The molecule has 94 valence electrons. The summed E-state index contributed by atoms with van der Waals surface area (Å²) in [4.78, 5) is 14.6. The standard InChI is InChI=1S/C11H19N5O/c1-3-16(8-6-4-5-7-8)10-13-9(12)14-11(15-10)17-2/h8H,3-7H2,1-2H3,(H2,12,13,14,15). The molecular formula is C11H19N5O. The van der Waals surface area contributed by atoms with Crippen LogP contribution in [0.5, 0.6) is 6.01 Å². The fraction of sp³-hybridized carbons (Fsp3) is 0.727. The molecular weight excluding hydrogens is 218 g/mol. The Morgan fingerprint density at radius 3 is 2.59 bits per heavy atom. The number of nitrogens with zero attached hydrogens (tertiary/aromatic N) is 4. The lowest BCUT2D eigenvalue weighted by molar-refractivity contribution is 0.378. The Bertz CT molecular complexity index is 378. The molecule has 0 unspecified atom stereocenters. The van der Waals surface area contributed by atoms with Gasteiger partial charge in [-0.1, -0.05) is 12.8 Å². The zero-order valence-electron chi connectivity index (χ0n) is 10.4. The van der Waals surface area contributed by atoms with Crippen LogP contribution in [0.25, 0.3) is 0 Å². The Hall–Kier alpha value is -1.59.